The molecule has 33 heavy (non-hydrogen) atoms. The van der Waals surface area contributed by atoms with Crippen LogP contribution in [-0.2, 0) is 11.3 Å². The molecule has 0 bridgehead atoms. The van der Waals surface area contributed by atoms with Crippen molar-refractivity contribution in [3.63, 3.8) is 0 Å². The summed E-state index contributed by atoms with van der Waals surface area (Å²) in [5.74, 6) is 0.0242. The molecule has 2 aromatic carbocycles. The number of amides is 1. The Morgan fingerprint density at radius 1 is 0.909 bits per heavy atom. The number of fused-ring (bicyclic) bond motifs is 3. The maximum Gasteiger partial charge on any atom is 0.260 e. The molecule has 8 heteroatoms. The van der Waals surface area contributed by atoms with Crippen LogP contribution in [0.5, 0.6) is 0 Å². The standard InChI is InChI=1S/C25H19N5O3/c1-16(31)17-9-11-18(12-10-17)27-23(32)15-29-21-7-2-3-8-22(21)30-24(33)14-20(28-25(29)30)19-6-4-5-13-26-19/h2-14H,15H2,1H3,(H,27,32). The molecule has 5 aromatic rings. The number of Topliss-reactive ketones (excluding diaryl/α,β-unsaturated/α-hetero) is 1. The highest BCUT2D eigenvalue weighted by atomic mass is 16.2. The van der Waals surface area contributed by atoms with Gasteiger partial charge in [-0.15, -0.1) is 0 Å². The van der Waals surface area contributed by atoms with Gasteiger partial charge in [-0.05, 0) is 55.5 Å². The second-order valence-corrected chi connectivity index (χ2v) is 7.59. The van der Waals surface area contributed by atoms with Crippen molar-refractivity contribution in [2.75, 3.05) is 5.32 Å². The van der Waals surface area contributed by atoms with E-state index in [1.54, 1.807) is 47.2 Å². The molecule has 3 aromatic heterocycles. The van der Waals surface area contributed by atoms with E-state index >= 15 is 0 Å². The molecule has 5 rings (SSSR count). The van der Waals surface area contributed by atoms with Crippen LogP contribution < -0.4 is 10.9 Å². The highest BCUT2D eigenvalue weighted by Crippen LogP contribution is 2.21. The number of pyridine rings is 1. The minimum atomic E-state index is -0.286. The average molecular weight is 437 g/mol. The number of carbonyl (C=O) groups is 2. The first-order valence-electron chi connectivity index (χ1n) is 10.3. The lowest BCUT2D eigenvalue weighted by atomic mass is 10.1. The van der Waals surface area contributed by atoms with E-state index in [9.17, 15) is 14.4 Å². The predicted molar refractivity (Wildman–Crippen MR) is 125 cm³/mol. The van der Waals surface area contributed by atoms with E-state index in [-0.39, 0.29) is 23.8 Å². The van der Waals surface area contributed by atoms with Gasteiger partial charge in [-0.25, -0.2) is 9.38 Å². The van der Waals surface area contributed by atoms with Crippen LogP contribution in [0, 0.1) is 0 Å². The number of rotatable bonds is 5. The van der Waals surface area contributed by atoms with Crippen LogP contribution in [0.2, 0.25) is 0 Å². The Hall–Kier alpha value is -4.59. The number of carbonyl (C=O) groups excluding carboxylic acids is 2. The predicted octanol–water partition coefficient (Wildman–Crippen LogP) is 3.55. The van der Waals surface area contributed by atoms with E-state index in [4.69, 9.17) is 0 Å². The zero-order valence-corrected chi connectivity index (χ0v) is 17.7. The lowest BCUT2D eigenvalue weighted by Gasteiger charge is -2.09. The van der Waals surface area contributed by atoms with Gasteiger partial charge in [0.1, 0.15) is 6.54 Å². The van der Waals surface area contributed by atoms with Crippen molar-refractivity contribution in [1.29, 1.82) is 0 Å². The summed E-state index contributed by atoms with van der Waals surface area (Å²) in [5.41, 5.74) is 3.27. The molecule has 0 saturated heterocycles. The van der Waals surface area contributed by atoms with Crippen LogP contribution >= 0.6 is 0 Å². The monoisotopic (exact) mass is 437 g/mol. The molecular formula is C25H19N5O3. The van der Waals surface area contributed by atoms with Crippen LogP contribution in [0.3, 0.4) is 0 Å². The van der Waals surface area contributed by atoms with Gasteiger partial charge in [-0.1, -0.05) is 18.2 Å². The molecule has 162 valence electrons. The largest absolute Gasteiger partial charge is 0.325 e. The summed E-state index contributed by atoms with van der Waals surface area (Å²) in [6.07, 6.45) is 1.64. The van der Waals surface area contributed by atoms with Crippen molar-refractivity contribution >= 4 is 34.2 Å². The summed E-state index contributed by atoms with van der Waals surface area (Å²) in [4.78, 5) is 46.4. The normalized spacial score (nSPS) is 11.1. The molecule has 0 spiro atoms. The summed E-state index contributed by atoms with van der Waals surface area (Å²) in [6, 6.07) is 20.9. The molecule has 1 amide bonds. The van der Waals surface area contributed by atoms with E-state index in [0.29, 0.717) is 39.4 Å². The minimum Gasteiger partial charge on any atom is -0.325 e. The van der Waals surface area contributed by atoms with Gasteiger partial charge in [0.15, 0.2) is 5.78 Å². The number of anilines is 1. The SMILES string of the molecule is CC(=O)c1ccc(NC(=O)Cn2c3ccccc3n3c(=O)cc(-c4ccccn4)nc23)cc1. The summed E-state index contributed by atoms with van der Waals surface area (Å²) in [6.45, 7) is 1.44. The number of hydrogen-bond donors (Lipinski definition) is 1. The van der Waals surface area contributed by atoms with Crippen LogP contribution in [0.4, 0.5) is 5.69 Å². The number of nitrogens with zero attached hydrogens (tertiary/aromatic N) is 4. The fourth-order valence-electron chi connectivity index (χ4n) is 3.80. The number of imidazole rings is 1. The molecule has 0 saturated carbocycles. The Morgan fingerprint density at radius 2 is 1.64 bits per heavy atom. The zero-order chi connectivity index (χ0) is 22.9. The first kappa shape index (κ1) is 20.3. The lowest BCUT2D eigenvalue weighted by molar-refractivity contribution is -0.116. The van der Waals surface area contributed by atoms with Gasteiger partial charge < -0.3 is 9.88 Å². The second kappa shape index (κ2) is 8.16. The summed E-state index contributed by atoms with van der Waals surface area (Å²) >= 11 is 0. The van der Waals surface area contributed by atoms with Gasteiger partial charge in [-0.3, -0.25) is 19.4 Å². The Morgan fingerprint density at radius 3 is 2.33 bits per heavy atom. The topological polar surface area (TPSA) is 98.4 Å². The van der Waals surface area contributed by atoms with E-state index in [1.807, 2.05) is 30.3 Å². The molecule has 0 radical (unpaired) electrons. The zero-order valence-electron chi connectivity index (χ0n) is 17.7. The fraction of sp³-hybridized carbons (Fsp3) is 0.0800. The van der Waals surface area contributed by atoms with Gasteiger partial charge in [0.2, 0.25) is 11.7 Å². The second-order valence-electron chi connectivity index (χ2n) is 7.59. The summed E-state index contributed by atoms with van der Waals surface area (Å²) in [7, 11) is 0. The molecule has 0 aliphatic heterocycles. The highest BCUT2D eigenvalue weighted by Gasteiger charge is 2.17. The number of nitrogens with one attached hydrogen (secondary N) is 1. The number of hydrogen-bond acceptors (Lipinski definition) is 5. The smallest absolute Gasteiger partial charge is 0.260 e. The first-order chi connectivity index (χ1) is 16.0. The maximum absolute atomic E-state index is 13.0. The number of ketones is 1. The third-order valence-electron chi connectivity index (χ3n) is 5.36. The van der Waals surface area contributed by atoms with Crippen molar-refractivity contribution in [2.24, 2.45) is 0 Å². The lowest BCUT2D eigenvalue weighted by Crippen LogP contribution is -2.20. The summed E-state index contributed by atoms with van der Waals surface area (Å²) in [5, 5.41) is 2.84. The minimum absolute atomic E-state index is 0.0432. The van der Waals surface area contributed by atoms with Crippen LogP contribution in [-0.4, -0.2) is 30.6 Å². The van der Waals surface area contributed by atoms with Gasteiger partial charge in [0.05, 0.1) is 22.4 Å². The van der Waals surface area contributed by atoms with E-state index in [1.165, 1.54) is 17.4 Å². The molecule has 0 unspecified atom stereocenters. The third kappa shape index (κ3) is 3.78. The van der Waals surface area contributed by atoms with E-state index in [0.717, 1.165) is 0 Å². The van der Waals surface area contributed by atoms with E-state index in [2.05, 4.69) is 15.3 Å². The molecule has 1 N–H and O–H groups in total. The Labute approximate surface area is 188 Å². The Bertz CT molecular complexity index is 1570. The highest BCUT2D eigenvalue weighted by molar-refractivity contribution is 5.96. The maximum atomic E-state index is 13.0. The van der Waals surface area contributed by atoms with Crippen molar-refractivity contribution in [3.05, 3.63) is 94.9 Å². The van der Waals surface area contributed by atoms with Gasteiger partial charge in [0.25, 0.3) is 5.56 Å². The number of benzene rings is 2. The van der Waals surface area contributed by atoms with Crippen LogP contribution in [0.25, 0.3) is 28.2 Å². The summed E-state index contributed by atoms with van der Waals surface area (Å²) < 4.78 is 3.21. The number of aromatic nitrogens is 4. The van der Waals surface area contributed by atoms with Crippen LogP contribution in [0.15, 0.2) is 83.8 Å². The van der Waals surface area contributed by atoms with Crippen molar-refractivity contribution in [1.82, 2.24) is 18.9 Å². The molecule has 0 aliphatic carbocycles. The van der Waals surface area contributed by atoms with Crippen molar-refractivity contribution in [3.8, 4) is 11.4 Å². The molecule has 0 fully saturated rings. The molecule has 8 nitrogen and oxygen atoms in total. The Kier molecular flexibility index (Phi) is 5.02. The average Bonchev–Trinajstić information content (AvgIpc) is 3.14. The van der Waals surface area contributed by atoms with Gasteiger partial charge in [0, 0.05) is 23.5 Å². The quantitative estimate of drug-likeness (QED) is 0.424. The van der Waals surface area contributed by atoms with Crippen molar-refractivity contribution < 1.29 is 9.59 Å². The van der Waals surface area contributed by atoms with Gasteiger partial charge in [-0.2, -0.15) is 0 Å². The number of para-hydroxylation sites is 2. The first-order valence-corrected chi connectivity index (χ1v) is 10.3. The van der Waals surface area contributed by atoms with Crippen molar-refractivity contribution in [2.45, 2.75) is 13.5 Å². The molecule has 0 atom stereocenters. The fourth-order valence-corrected chi connectivity index (χ4v) is 3.80. The van der Waals surface area contributed by atoms with Gasteiger partial charge >= 0.3 is 0 Å². The third-order valence-corrected chi connectivity index (χ3v) is 5.36. The Balaban J connectivity index is 1.57. The van der Waals surface area contributed by atoms with Crippen LogP contribution in [0.1, 0.15) is 17.3 Å². The molecular weight excluding hydrogens is 418 g/mol. The molecule has 3 heterocycles. The molecule has 0 aliphatic rings. The van der Waals surface area contributed by atoms with E-state index < -0.39 is 0 Å².